The molecule has 7 nitrogen and oxygen atoms in total. The highest BCUT2D eigenvalue weighted by Gasteiger charge is 2.24. The van der Waals surface area contributed by atoms with Crippen LogP contribution in [0.15, 0.2) is 41.1 Å². The molecule has 150 valence electrons. The number of hydrogen-bond acceptors (Lipinski definition) is 6. The van der Waals surface area contributed by atoms with Crippen LogP contribution in [0.4, 0.5) is 5.69 Å². The van der Waals surface area contributed by atoms with Gasteiger partial charge in [-0.3, -0.25) is 14.5 Å². The van der Waals surface area contributed by atoms with Crippen LogP contribution >= 0.6 is 11.3 Å². The summed E-state index contributed by atoms with van der Waals surface area (Å²) in [6, 6.07) is 8.99. The van der Waals surface area contributed by atoms with Gasteiger partial charge in [-0.25, -0.2) is 0 Å². The van der Waals surface area contributed by atoms with E-state index in [1.54, 1.807) is 35.6 Å². The number of hydrogen-bond donors (Lipinski definition) is 2. The predicted octanol–water partition coefficient (Wildman–Crippen LogP) is 2.28. The fraction of sp³-hybridized carbons (Fsp3) is 0.400. The first-order valence-corrected chi connectivity index (χ1v) is 10.3. The van der Waals surface area contributed by atoms with Crippen molar-refractivity contribution in [2.75, 3.05) is 44.8 Å². The van der Waals surface area contributed by atoms with E-state index in [-0.39, 0.29) is 6.04 Å². The summed E-state index contributed by atoms with van der Waals surface area (Å²) in [4.78, 5) is 26.8. The van der Waals surface area contributed by atoms with Gasteiger partial charge in [0.1, 0.15) is 5.75 Å². The molecule has 0 bridgehead atoms. The minimum absolute atomic E-state index is 0.0253. The number of rotatable bonds is 7. The van der Waals surface area contributed by atoms with E-state index in [2.05, 4.69) is 27.0 Å². The van der Waals surface area contributed by atoms with Gasteiger partial charge in [0, 0.05) is 25.3 Å². The smallest absolute Gasteiger partial charge is 0.313 e. The molecule has 1 atom stereocenters. The molecule has 2 aromatic rings. The first-order chi connectivity index (χ1) is 13.7. The van der Waals surface area contributed by atoms with Gasteiger partial charge in [0.05, 0.1) is 25.9 Å². The Labute approximate surface area is 168 Å². The lowest BCUT2D eigenvalue weighted by Crippen LogP contribution is -2.45. The summed E-state index contributed by atoms with van der Waals surface area (Å²) in [6.07, 6.45) is 0. The zero-order valence-electron chi connectivity index (χ0n) is 15.8. The highest BCUT2D eigenvalue weighted by molar-refractivity contribution is 7.08. The summed E-state index contributed by atoms with van der Waals surface area (Å²) in [5, 5.41) is 9.47. The number of carbonyl (C=O) groups is 2. The minimum atomic E-state index is -0.685. The highest BCUT2D eigenvalue weighted by Crippen LogP contribution is 2.23. The number of benzene rings is 1. The van der Waals surface area contributed by atoms with Crippen molar-refractivity contribution in [3.8, 4) is 5.75 Å². The maximum absolute atomic E-state index is 12.3. The zero-order chi connectivity index (χ0) is 19.8. The van der Waals surface area contributed by atoms with Crippen LogP contribution in [0.25, 0.3) is 0 Å². The fourth-order valence-corrected chi connectivity index (χ4v) is 3.78. The van der Waals surface area contributed by atoms with Crippen LogP contribution < -0.4 is 15.4 Å². The third-order valence-corrected chi connectivity index (χ3v) is 5.20. The Bertz CT molecular complexity index is 758. The number of morpholine rings is 1. The lowest BCUT2D eigenvalue weighted by molar-refractivity contribution is -0.136. The standard InChI is InChI=1S/C20H25N3O4S/c1-2-27-17-5-3-16(4-6-17)22-20(25)19(24)21-13-18(15-7-12-28-14-15)23-8-10-26-11-9-23/h3-7,12,14,18H,2,8-11,13H2,1H3,(H,21,24)(H,22,25). The Balaban J connectivity index is 1.55. The van der Waals surface area contributed by atoms with Crippen LogP contribution in [0, 0.1) is 0 Å². The number of carbonyl (C=O) groups excluding carboxylic acids is 2. The van der Waals surface area contributed by atoms with E-state index in [4.69, 9.17) is 9.47 Å². The van der Waals surface area contributed by atoms with E-state index >= 15 is 0 Å². The zero-order valence-corrected chi connectivity index (χ0v) is 16.7. The lowest BCUT2D eigenvalue weighted by atomic mass is 10.1. The monoisotopic (exact) mass is 403 g/mol. The Morgan fingerprint density at radius 2 is 1.93 bits per heavy atom. The molecule has 2 N–H and O–H groups in total. The minimum Gasteiger partial charge on any atom is -0.494 e. The third kappa shape index (κ3) is 5.54. The largest absolute Gasteiger partial charge is 0.494 e. The van der Waals surface area contributed by atoms with E-state index in [1.807, 2.05) is 12.3 Å². The van der Waals surface area contributed by atoms with Crippen molar-refractivity contribution in [3.63, 3.8) is 0 Å². The molecule has 0 radical (unpaired) electrons. The van der Waals surface area contributed by atoms with Gasteiger partial charge in [0.15, 0.2) is 0 Å². The summed E-state index contributed by atoms with van der Waals surface area (Å²) < 4.78 is 10.8. The van der Waals surface area contributed by atoms with Crippen LogP contribution in [0.3, 0.4) is 0 Å². The topological polar surface area (TPSA) is 79.9 Å². The van der Waals surface area contributed by atoms with Gasteiger partial charge in [-0.15, -0.1) is 0 Å². The van der Waals surface area contributed by atoms with Crippen LogP contribution in [0.1, 0.15) is 18.5 Å². The Morgan fingerprint density at radius 3 is 2.57 bits per heavy atom. The van der Waals surface area contributed by atoms with Crippen molar-refractivity contribution in [2.24, 2.45) is 0 Å². The third-order valence-electron chi connectivity index (χ3n) is 4.50. The number of nitrogens with one attached hydrogen (secondary N) is 2. The first kappa shape index (κ1) is 20.3. The van der Waals surface area contributed by atoms with Gasteiger partial charge in [0.25, 0.3) is 0 Å². The van der Waals surface area contributed by atoms with Gasteiger partial charge in [-0.1, -0.05) is 0 Å². The highest BCUT2D eigenvalue weighted by atomic mass is 32.1. The van der Waals surface area contributed by atoms with Gasteiger partial charge in [-0.2, -0.15) is 11.3 Å². The van der Waals surface area contributed by atoms with Crippen molar-refractivity contribution in [1.82, 2.24) is 10.2 Å². The molecule has 3 rings (SSSR count). The molecule has 2 amide bonds. The summed E-state index contributed by atoms with van der Waals surface area (Å²) >= 11 is 1.62. The normalized spacial score (nSPS) is 15.6. The molecule has 1 saturated heterocycles. The molecule has 1 fully saturated rings. The van der Waals surface area contributed by atoms with Crippen molar-refractivity contribution >= 4 is 28.8 Å². The molecule has 1 aliphatic heterocycles. The van der Waals surface area contributed by atoms with Crippen LogP contribution in [0.5, 0.6) is 5.75 Å². The summed E-state index contributed by atoms with van der Waals surface area (Å²) in [5.74, 6) is -0.619. The van der Waals surface area contributed by atoms with Gasteiger partial charge >= 0.3 is 11.8 Å². The van der Waals surface area contributed by atoms with Crippen molar-refractivity contribution < 1.29 is 19.1 Å². The average molecular weight is 404 g/mol. The van der Waals surface area contributed by atoms with E-state index in [9.17, 15) is 9.59 Å². The van der Waals surface area contributed by atoms with Gasteiger partial charge < -0.3 is 20.1 Å². The second-order valence-electron chi connectivity index (χ2n) is 6.34. The van der Waals surface area contributed by atoms with E-state index in [0.29, 0.717) is 37.8 Å². The molecule has 1 unspecified atom stereocenters. The second-order valence-corrected chi connectivity index (χ2v) is 7.12. The number of amides is 2. The first-order valence-electron chi connectivity index (χ1n) is 9.33. The second kappa shape index (κ2) is 10.2. The fourth-order valence-electron chi connectivity index (χ4n) is 3.07. The maximum Gasteiger partial charge on any atom is 0.313 e. The molecule has 1 aromatic carbocycles. The van der Waals surface area contributed by atoms with Crippen molar-refractivity contribution in [3.05, 3.63) is 46.7 Å². The average Bonchev–Trinajstić information content (AvgIpc) is 3.25. The van der Waals surface area contributed by atoms with Gasteiger partial charge in [0.2, 0.25) is 0 Å². The van der Waals surface area contributed by atoms with Crippen LogP contribution in [-0.2, 0) is 14.3 Å². The van der Waals surface area contributed by atoms with E-state index in [0.717, 1.165) is 18.7 Å². The van der Waals surface area contributed by atoms with E-state index < -0.39 is 11.8 Å². The Kier molecular flexibility index (Phi) is 7.41. The summed E-state index contributed by atoms with van der Waals surface area (Å²) in [7, 11) is 0. The summed E-state index contributed by atoms with van der Waals surface area (Å²) in [5.41, 5.74) is 1.69. The SMILES string of the molecule is CCOc1ccc(NC(=O)C(=O)NCC(c2ccsc2)N2CCOCC2)cc1. The molecular weight excluding hydrogens is 378 g/mol. The van der Waals surface area contributed by atoms with Crippen molar-refractivity contribution in [1.29, 1.82) is 0 Å². The molecule has 0 spiro atoms. The van der Waals surface area contributed by atoms with Crippen LogP contribution in [0.2, 0.25) is 0 Å². The number of thiophene rings is 1. The van der Waals surface area contributed by atoms with E-state index in [1.165, 1.54) is 0 Å². The Morgan fingerprint density at radius 1 is 1.18 bits per heavy atom. The molecule has 8 heteroatoms. The Hall–Kier alpha value is -2.42. The quantitative estimate of drug-likeness (QED) is 0.694. The molecule has 1 aromatic heterocycles. The molecule has 2 heterocycles. The number of ether oxygens (including phenoxy) is 2. The molecule has 0 aliphatic carbocycles. The maximum atomic E-state index is 12.3. The van der Waals surface area contributed by atoms with Gasteiger partial charge in [-0.05, 0) is 53.6 Å². The lowest BCUT2D eigenvalue weighted by Gasteiger charge is -2.34. The molecule has 1 aliphatic rings. The summed E-state index contributed by atoms with van der Waals surface area (Å²) in [6.45, 7) is 5.79. The molecular formula is C20H25N3O4S. The number of nitrogens with zero attached hydrogens (tertiary/aromatic N) is 1. The molecule has 28 heavy (non-hydrogen) atoms. The van der Waals surface area contributed by atoms with Crippen LogP contribution in [-0.4, -0.2) is 56.2 Å². The number of anilines is 1. The predicted molar refractivity (Wildman–Crippen MR) is 109 cm³/mol. The molecule has 0 saturated carbocycles. The van der Waals surface area contributed by atoms with Crippen molar-refractivity contribution in [2.45, 2.75) is 13.0 Å².